The van der Waals surface area contributed by atoms with Gasteiger partial charge in [-0.3, -0.25) is 28.8 Å². The van der Waals surface area contributed by atoms with Crippen molar-refractivity contribution in [2.75, 3.05) is 73.4 Å². The van der Waals surface area contributed by atoms with Crippen LogP contribution in [0.1, 0.15) is 194 Å². The summed E-state index contributed by atoms with van der Waals surface area (Å²) in [7, 11) is -2.62. The van der Waals surface area contributed by atoms with Crippen molar-refractivity contribution < 1.29 is 131 Å². The Morgan fingerprint density at radius 3 is 1.29 bits per heavy atom. The first-order chi connectivity index (χ1) is 51.7. The third kappa shape index (κ3) is 32.8. The average molecular weight is 1610 g/mol. The predicted molar refractivity (Wildman–Crippen MR) is 404 cm³/mol. The maximum atomic E-state index is 12.5. The summed E-state index contributed by atoms with van der Waals surface area (Å²) >= 11 is 0. The highest BCUT2D eigenvalue weighted by molar-refractivity contribution is 7.87. The molecule has 0 radical (unpaired) electrons. The number of Topliss-reactive ketones (excluding diaryl/α,β-unsaturated/α-hetero) is 2. The molecule has 7 rings (SSSR count). The molecule has 3 saturated heterocycles. The van der Waals surface area contributed by atoms with Gasteiger partial charge in [0.25, 0.3) is 25.9 Å². The molecule has 2 aromatic carbocycles. The number of likely N-dealkylation sites (tertiary alicyclic amines) is 3. The van der Waals surface area contributed by atoms with E-state index in [-0.39, 0.29) is 124 Å². The first kappa shape index (κ1) is 96.8. The molecule has 0 aromatic heterocycles. The van der Waals surface area contributed by atoms with Gasteiger partial charge in [0.1, 0.15) is 76.7 Å². The molecule has 5 aliphatic rings. The molecule has 630 valence electrons. The molecular formula is C78H116F3N5O25S. The Morgan fingerprint density at radius 1 is 0.473 bits per heavy atom. The Bertz CT molecular complexity index is 3670. The van der Waals surface area contributed by atoms with E-state index in [1.165, 1.54) is 16.7 Å². The smallest absolute Gasteiger partial charge is 0.497 e. The summed E-state index contributed by atoms with van der Waals surface area (Å²) in [5.74, 6) is 1.03. The second-order valence-electron chi connectivity index (χ2n) is 32.5. The van der Waals surface area contributed by atoms with Crippen molar-refractivity contribution in [3.63, 3.8) is 0 Å². The molecule has 30 nitrogen and oxygen atoms in total. The Morgan fingerprint density at radius 2 is 0.857 bits per heavy atom. The van der Waals surface area contributed by atoms with Gasteiger partial charge in [-0.05, 0) is 204 Å². The number of nitrogens with zero attached hydrogens (tertiary/aromatic N) is 5. The standard InChI is InChI=1S/C20H29NO5.C20H27NO5.C14H20F3NO7S.C13H21NO5.C11H19NO3/c2*1-14-10-18(15-6-8-17(24-5)9-7-15)16(12-25-13-22)11-21(14)19(23)26-20(2,3)4;1-9-5-11(25-26(21,22)14(15,16)17)10(7-23-8-19)6-18(9)12(20)24-13(2,3)4;1-9-5-11(16)10(7-18-8-15)6-14(9)12(17)19-13(2,3)4;1-8-7-9(13)5-6-12(8)10(14)15-11(2,3)4/h6-9,13-14,16,18H,10-12H2,1-5H3;6-9,13-14H,10-12H2,1-5H3;8-9H,5-7H2,1-4H3;8-10H,5-7H2,1-4H3;8H,5-7H2,1-4H3/t14-,16-,18+;;;;/m1..../s1. The molecule has 34 heteroatoms. The van der Waals surface area contributed by atoms with Crippen LogP contribution in [0.15, 0.2) is 65.4 Å². The van der Waals surface area contributed by atoms with E-state index in [4.69, 9.17) is 42.6 Å². The lowest BCUT2D eigenvalue weighted by molar-refractivity contribution is -0.136. The van der Waals surface area contributed by atoms with Crippen LogP contribution in [0.25, 0.3) is 5.57 Å². The van der Waals surface area contributed by atoms with Gasteiger partial charge in [0.15, 0.2) is 0 Å². The van der Waals surface area contributed by atoms with Gasteiger partial charge >= 0.3 is 46.1 Å². The number of hydrogen-bond acceptors (Lipinski definition) is 25. The van der Waals surface area contributed by atoms with E-state index in [1.807, 2.05) is 132 Å². The lowest BCUT2D eigenvalue weighted by atomic mass is 9.78. The van der Waals surface area contributed by atoms with E-state index >= 15 is 0 Å². The number of halogens is 3. The van der Waals surface area contributed by atoms with E-state index in [0.29, 0.717) is 58.3 Å². The van der Waals surface area contributed by atoms with Crippen molar-refractivity contribution in [3.05, 3.63) is 76.6 Å². The Hall–Kier alpha value is -9.37. The SMILES string of the molecule is CC1CC(=O)C(COC=O)CN1C(=O)OC(C)(C)C.CC1CC(=O)CCN1C(=O)OC(C)(C)C.CC1CC(OS(=O)(=O)C(F)(F)F)=C(COC=O)CN1C(=O)OC(C)(C)C.COc1ccc(C2=C(COC=O)CN(C(=O)OC(C)(C)C)C(C)C2)cc1.COc1ccc([C@@H]2C[C@@H](C)N(C(=O)OC(C)(C)C)C[C@@H]2COC=O)cc1. The maximum absolute atomic E-state index is 12.5. The zero-order valence-corrected chi connectivity index (χ0v) is 69.5. The molecule has 0 bridgehead atoms. The summed E-state index contributed by atoms with van der Waals surface area (Å²) < 4.78 is 121. The number of rotatable bonds is 18. The second kappa shape index (κ2) is 42.5. The van der Waals surface area contributed by atoms with Crippen molar-refractivity contribution in [1.29, 1.82) is 0 Å². The molecule has 0 aliphatic carbocycles. The molecule has 5 unspecified atom stereocenters. The quantitative estimate of drug-likeness (QED) is 0.0579. The van der Waals surface area contributed by atoms with Gasteiger partial charge in [-0.2, -0.15) is 21.6 Å². The van der Waals surface area contributed by atoms with Crippen molar-refractivity contribution in [1.82, 2.24) is 24.5 Å². The van der Waals surface area contributed by atoms with Crippen LogP contribution >= 0.6 is 0 Å². The number of piperidine rings is 3. The van der Waals surface area contributed by atoms with Crippen LogP contribution < -0.4 is 9.47 Å². The molecule has 5 amide bonds. The number of methoxy groups -OCH3 is 2. The van der Waals surface area contributed by atoms with Gasteiger partial charge in [-0.15, -0.1) is 0 Å². The molecule has 3 fully saturated rings. The number of ether oxygens (including phenoxy) is 11. The summed E-state index contributed by atoms with van der Waals surface area (Å²) in [5, 5.41) is 0. The molecule has 8 atom stereocenters. The van der Waals surface area contributed by atoms with Gasteiger partial charge in [0.05, 0.1) is 33.3 Å². The Balaban J connectivity index is 0.000000367. The number of amides is 5. The zero-order valence-electron chi connectivity index (χ0n) is 68.6. The fourth-order valence-corrected chi connectivity index (χ4v) is 12.5. The van der Waals surface area contributed by atoms with E-state index in [0.717, 1.165) is 40.2 Å². The van der Waals surface area contributed by atoms with Gasteiger partial charge in [-0.25, -0.2) is 24.0 Å². The van der Waals surface area contributed by atoms with Crippen molar-refractivity contribution in [2.45, 2.75) is 247 Å². The number of ketones is 2. The maximum Gasteiger partial charge on any atom is 0.534 e. The van der Waals surface area contributed by atoms with Crippen LogP contribution in [0.5, 0.6) is 11.5 Å². The number of carbonyl (C=O) groups excluding carboxylic acids is 11. The number of alkyl halides is 3. The van der Waals surface area contributed by atoms with Crippen molar-refractivity contribution in [3.8, 4) is 11.5 Å². The highest BCUT2D eigenvalue weighted by Crippen LogP contribution is 2.39. The molecule has 0 saturated carbocycles. The molecular weight excluding hydrogens is 1500 g/mol. The fourth-order valence-electron chi connectivity index (χ4n) is 12.0. The van der Waals surface area contributed by atoms with Crippen LogP contribution in [0, 0.1) is 11.8 Å². The third-order valence-corrected chi connectivity index (χ3v) is 18.3. The summed E-state index contributed by atoms with van der Waals surface area (Å²) in [6.45, 7) is 38.4. The number of carbonyl (C=O) groups is 11. The summed E-state index contributed by atoms with van der Waals surface area (Å²) in [4.78, 5) is 134. The highest BCUT2D eigenvalue weighted by atomic mass is 32.2. The Kier molecular flexibility index (Phi) is 36.7. The zero-order chi connectivity index (χ0) is 85.2. The predicted octanol–water partition coefficient (Wildman–Crippen LogP) is 12.9. The number of benzene rings is 2. The van der Waals surface area contributed by atoms with E-state index in [9.17, 15) is 74.3 Å². The summed E-state index contributed by atoms with van der Waals surface area (Å²) in [6, 6.07) is 14.7. The van der Waals surface area contributed by atoms with Gasteiger partial charge < -0.3 is 80.8 Å². The molecule has 0 spiro atoms. The fraction of sp³-hybridized carbons (Fsp3) is 0.654. The average Bonchev–Trinajstić information content (AvgIpc) is 0.804. The van der Waals surface area contributed by atoms with Crippen LogP contribution in [0.2, 0.25) is 0 Å². The minimum atomic E-state index is -5.88. The first-order valence-electron chi connectivity index (χ1n) is 36.7. The largest absolute Gasteiger partial charge is 0.534 e. The minimum absolute atomic E-state index is 0.00828. The van der Waals surface area contributed by atoms with Crippen molar-refractivity contribution in [2.24, 2.45) is 11.8 Å². The van der Waals surface area contributed by atoms with Gasteiger partial charge in [-0.1, -0.05) is 24.3 Å². The highest BCUT2D eigenvalue weighted by Gasteiger charge is 2.50. The Labute approximate surface area is 655 Å². The third-order valence-electron chi connectivity index (χ3n) is 17.3. The van der Waals surface area contributed by atoms with E-state index in [1.54, 1.807) is 77.4 Å². The summed E-state index contributed by atoms with van der Waals surface area (Å²) in [6.07, 6.45) is 0.0666. The lowest BCUT2D eigenvalue weighted by Crippen LogP contribution is -2.51. The van der Waals surface area contributed by atoms with Crippen LogP contribution in [0.4, 0.5) is 37.1 Å². The first-order valence-corrected chi connectivity index (χ1v) is 38.1. The monoisotopic (exact) mass is 1610 g/mol. The molecule has 5 aliphatic heterocycles. The topological polar surface area (TPSA) is 349 Å². The molecule has 2 aromatic rings. The van der Waals surface area contributed by atoms with Gasteiger partial charge in [0, 0.05) is 93.6 Å². The van der Waals surface area contributed by atoms with E-state index < -0.39 is 80.1 Å². The summed E-state index contributed by atoms with van der Waals surface area (Å²) in [5.41, 5.74) is -4.49. The molecule has 5 heterocycles. The van der Waals surface area contributed by atoms with E-state index in [2.05, 4.69) is 13.7 Å². The van der Waals surface area contributed by atoms with Crippen molar-refractivity contribution >= 4 is 83.6 Å². The van der Waals surface area contributed by atoms with Gasteiger partial charge in [0.2, 0.25) is 0 Å². The normalized spacial score (nSPS) is 21.1. The second-order valence-corrected chi connectivity index (χ2v) is 34.1. The van der Waals surface area contributed by atoms with Crippen LogP contribution in [-0.4, -0.2) is 238 Å². The van der Waals surface area contributed by atoms with Crippen LogP contribution in [0.3, 0.4) is 0 Å². The molecule has 112 heavy (non-hydrogen) atoms. The molecule has 0 N–H and O–H groups in total. The number of hydrogen-bond donors (Lipinski definition) is 0. The minimum Gasteiger partial charge on any atom is -0.497 e. The van der Waals surface area contributed by atoms with Crippen LogP contribution in [-0.2, 0) is 85.7 Å². The lowest BCUT2D eigenvalue weighted by Gasteiger charge is -2.43.